The van der Waals surface area contributed by atoms with Crippen molar-refractivity contribution in [2.75, 3.05) is 44.2 Å². The van der Waals surface area contributed by atoms with Gasteiger partial charge >= 0.3 is 0 Å². The molecule has 1 aliphatic carbocycles. The number of amides is 1. The SMILES string of the molecule is O=C(C1CCC1)N(CC12CCN(Cc3ccccc3)CC1CCN(CCc1ccccc1)C2)c1ccccc1. The van der Waals surface area contributed by atoms with E-state index in [0.717, 1.165) is 77.2 Å². The molecule has 1 amide bonds. The molecule has 4 nitrogen and oxygen atoms in total. The molecule has 0 spiro atoms. The largest absolute Gasteiger partial charge is 0.312 e. The summed E-state index contributed by atoms with van der Waals surface area (Å²) in [6.07, 6.45) is 6.73. The Hall–Kier alpha value is -2.95. The van der Waals surface area contributed by atoms with Gasteiger partial charge in [-0.15, -0.1) is 0 Å². The number of rotatable bonds is 9. The lowest BCUT2D eigenvalue weighted by atomic mass is 9.65. The van der Waals surface area contributed by atoms with Crippen molar-refractivity contribution in [1.82, 2.24) is 9.80 Å². The third-order valence-electron chi connectivity index (χ3n) is 9.67. The van der Waals surface area contributed by atoms with Crippen LogP contribution >= 0.6 is 0 Å². The molecule has 0 aromatic heterocycles. The summed E-state index contributed by atoms with van der Waals surface area (Å²) < 4.78 is 0. The molecule has 0 radical (unpaired) electrons. The van der Waals surface area contributed by atoms with E-state index in [-0.39, 0.29) is 11.3 Å². The summed E-state index contributed by atoms with van der Waals surface area (Å²) in [6, 6.07) is 32.3. The van der Waals surface area contributed by atoms with Crippen molar-refractivity contribution >= 4 is 11.6 Å². The highest BCUT2D eigenvalue weighted by Gasteiger charge is 2.48. The topological polar surface area (TPSA) is 26.8 Å². The van der Waals surface area contributed by atoms with Gasteiger partial charge in [-0.3, -0.25) is 9.69 Å². The molecule has 4 heteroatoms. The average molecular weight is 522 g/mol. The molecule has 3 aliphatic rings. The molecule has 0 bridgehead atoms. The van der Waals surface area contributed by atoms with Gasteiger partial charge in [0.2, 0.25) is 5.91 Å². The summed E-state index contributed by atoms with van der Waals surface area (Å²) in [6.45, 7) is 7.42. The van der Waals surface area contributed by atoms with Crippen molar-refractivity contribution in [3.63, 3.8) is 0 Å². The molecule has 2 aliphatic heterocycles. The van der Waals surface area contributed by atoms with E-state index in [4.69, 9.17) is 0 Å². The maximum Gasteiger partial charge on any atom is 0.230 e. The van der Waals surface area contributed by atoms with E-state index >= 15 is 0 Å². The van der Waals surface area contributed by atoms with Crippen LogP contribution in [0.15, 0.2) is 91.0 Å². The second kappa shape index (κ2) is 12.1. The van der Waals surface area contributed by atoms with Gasteiger partial charge in [-0.25, -0.2) is 0 Å². The summed E-state index contributed by atoms with van der Waals surface area (Å²) in [5, 5.41) is 0. The van der Waals surface area contributed by atoms with Gasteiger partial charge in [-0.05, 0) is 74.4 Å². The van der Waals surface area contributed by atoms with Crippen LogP contribution in [0.5, 0.6) is 0 Å². The van der Waals surface area contributed by atoms with Crippen molar-refractivity contribution in [2.45, 2.75) is 45.1 Å². The molecule has 6 rings (SSSR count). The minimum absolute atomic E-state index is 0.122. The summed E-state index contributed by atoms with van der Waals surface area (Å²) in [5.41, 5.74) is 4.02. The number of likely N-dealkylation sites (tertiary alicyclic amines) is 2. The Morgan fingerprint density at radius 2 is 1.46 bits per heavy atom. The van der Waals surface area contributed by atoms with E-state index < -0.39 is 0 Å². The molecule has 3 aromatic rings. The van der Waals surface area contributed by atoms with Crippen LogP contribution < -0.4 is 4.90 Å². The van der Waals surface area contributed by atoms with E-state index in [1.807, 2.05) is 0 Å². The fraction of sp³-hybridized carbons (Fsp3) is 0.457. The van der Waals surface area contributed by atoms with E-state index in [9.17, 15) is 4.79 Å². The first-order valence-electron chi connectivity index (χ1n) is 15.1. The molecule has 2 atom stereocenters. The second-order valence-corrected chi connectivity index (χ2v) is 12.2. The Kier molecular flexibility index (Phi) is 8.13. The molecule has 0 N–H and O–H groups in total. The third kappa shape index (κ3) is 6.13. The van der Waals surface area contributed by atoms with Crippen LogP contribution in [-0.4, -0.2) is 55.0 Å². The number of anilines is 1. The van der Waals surface area contributed by atoms with Gasteiger partial charge in [0.05, 0.1) is 0 Å². The van der Waals surface area contributed by atoms with Gasteiger partial charge in [0.25, 0.3) is 0 Å². The summed E-state index contributed by atoms with van der Waals surface area (Å²) in [4.78, 5) is 21.4. The Morgan fingerprint density at radius 3 is 2.13 bits per heavy atom. The first kappa shape index (κ1) is 26.3. The lowest BCUT2D eigenvalue weighted by molar-refractivity contribution is -0.126. The smallest absolute Gasteiger partial charge is 0.230 e. The molecule has 3 aromatic carbocycles. The number of piperidine rings is 2. The van der Waals surface area contributed by atoms with Gasteiger partial charge < -0.3 is 9.80 Å². The molecule has 204 valence electrons. The predicted molar refractivity (Wildman–Crippen MR) is 160 cm³/mol. The van der Waals surface area contributed by atoms with Crippen LogP contribution in [0.1, 0.15) is 43.2 Å². The number of benzene rings is 3. The molecular weight excluding hydrogens is 478 g/mol. The number of carbonyl (C=O) groups excluding carboxylic acids is 1. The number of nitrogens with zero attached hydrogens (tertiary/aromatic N) is 3. The van der Waals surface area contributed by atoms with Crippen LogP contribution in [0.4, 0.5) is 5.69 Å². The minimum Gasteiger partial charge on any atom is -0.312 e. The quantitative estimate of drug-likeness (QED) is 0.332. The van der Waals surface area contributed by atoms with Crippen molar-refractivity contribution in [2.24, 2.45) is 17.3 Å². The lowest BCUT2D eigenvalue weighted by Gasteiger charge is -2.55. The monoisotopic (exact) mass is 521 g/mol. The molecule has 2 heterocycles. The first-order valence-corrected chi connectivity index (χ1v) is 15.1. The van der Waals surface area contributed by atoms with E-state index in [1.165, 1.54) is 24.0 Å². The molecule has 1 saturated carbocycles. The van der Waals surface area contributed by atoms with Gasteiger partial charge in [-0.1, -0.05) is 85.3 Å². The Morgan fingerprint density at radius 1 is 0.795 bits per heavy atom. The summed E-state index contributed by atoms with van der Waals surface area (Å²) in [7, 11) is 0. The summed E-state index contributed by atoms with van der Waals surface area (Å²) >= 11 is 0. The highest BCUT2D eigenvalue weighted by molar-refractivity contribution is 5.95. The highest BCUT2D eigenvalue weighted by Crippen LogP contribution is 2.45. The maximum absolute atomic E-state index is 13.9. The maximum atomic E-state index is 13.9. The minimum atomic E-state index is 0.122. The van der Waals surface area contributed by atoms with Gasteiger partial charge in [0, 0.05) is 49.7 Å². The normalized spacial score (nSPS) is 24.1. The Bertz CT molecular complexity index is 1200. The second-order valence-electron chi connectivity index (χ2n) is 12.2. The number of hydrogen-bond acceptors (Lipinski definition) is 3. The lowest BCUT2D eigenvalue weighted by Crippen LogP contribution is -2.61. The van der Waals surface area contributed by atoms with E-state index in [1.54, 1.807) is 0 Å². The van der Waals surface area contributed by atoms with Crippen LogP contribution in [0.25, 0.3) is 0 Å². The van der Waals surface area contributed by atoms with Gasteiger partial charge in [0.1, 0.15) is 0 Å². The van der Waals surface area contributed by atoms with Gasteiger partial charge in [-0.2, -0.15) is 0 Å². The zero-order valence-corrected chi connectivity index (χ0v) is 23.3. The van der Waals surface area contributed by atoms with Crippen LogP contribution in [0, 0.1) is 17.3 Å². The third-order valence-corrected chi connectivity index (χ3v) is 9.67. The number of fused-ring (bicyclic) bond motifs is 1. The van der Waals surface area contributed by atoms with Crippen LogP contribution in [0.2, 0.25) is 0 Å². The van der Waals surface area contributed by atoms with E-state index in [2.05, 4.69) is 106 Å². The zero-order valence-electron chi connectivity index (χ0n) is 23.3. The molecule has 39 heavy (non-hydrogen) atoms. The highest BCUT2D eigenvalue weighted by atomic mass is 16.2. The van der Waals surface area contributed by atoms with Gasteiger partial charge in [0.15, 0.2) is 0 Å². The fourth-order valence-corrected chi connectivity index (χ4v) is 7.11. The molecule has 2 unspecified atom stereocenters. The van der Waals surface area contributed by atoms with Crippen molar-refractivity contribution < 1.29 is 4.79 Å². The van der Waals surface area contributed by atoms with Crippen molar-refractivity contribution in [1.29, 1.82) is 0 Å². The molecular formula is C35H43N3O. The number of carbonyl (C=O) groups is 1. The van der Waals surface area contributed by atoms with Crippen LogP contribution in [0.3, 0.4) is 0 Å². The zero-order chi connectivity index (χ0) is 26.5. The van der Waals surface area contributed by atoms with Crippen molar-refractivity contribution in [3.8, 4) is 0 Å². The molecule has 2 saturated heterocycles. The molecule has 3 fully saturated rings. The fourth-order valence-electron chi connectivity index (χ4n) is 7.11. The predicted octanol–water partition coefficient (Wildman–Crippen LogP) is 6.28. The standard InChI is InChI=1S/C35H43N3O/c39-34(31-15-10-16-31)38(33-17-8-3-9-18-33)28-35-21-24-37(25-30-13-6-2-7-14-30)26-32(35)20-23-36(27-35)22-19-29-11-4-1-5-12-29/h1-9,11-14,17-18,31-32H,10,15-16,19-28H2. The first-order chi connectivity index (χ1) is 19.2. The average Bonchev–Trinajstić information content (AvgIpc) is 2.95. The van der Waals surface area contributed by atoms with Crippen LogP contribution in [-0.2, 0) is 17.8 Å². The summed E-state index contributed by atoms with van der Waals surface area (Å²) in [5.74, 6) is 1.16. The Balaban J connectivity index is 1.24. The van der Waals surface area contributed by atoms with E-state index in [0.29, 0.717) is 11.8 Å². The van der Waals surface area contributed by atoms with Crippen molar-refractivity contribution in [3.05, 3.63) is 102 Å². The number of para-hydroxylation sites is 1. The Labute approximate surface area is 234 Å². The number of hydrogen-bond donors (Lipinski definition) is 0.